The Morgan fingerprint density at radius 1 is 1.44 bits per heavy atom. The summed E-state index contributed by atoms with van der Waals surface area (Å²) in [6.45, 7) is 11.2. The fraction of sp³-hybridized carbons (Fsp3) is 1.00. The lowest BCUT2D eigenvalue weighted by Crippen LogP contribution is -2.50. The first-order valence-electron chi connectivity index (χ1n) is 6.49. The van der Waals surface area contributed by atoms with Gasteiger partial charge in [-0.3, -0.25) is 0 Å². The van der Waals surface area contributed by atoms with Gasteiger partial charge in [-0.25, -0.2) is 0 Å². The van der Waals surface area contributed by atoms with Crippen LogP contribution < -0.4 is 5.73 Å². The molecule has 1 aliphatic rings. The molecule has 96 valence electrons. The normalized spacial score (nSPS) is 33.4. The molecule has 3 N–H and O–H groups in total. The molecule has 0 saturated carbocycles. The molecule has 0 spiro atoms. The monoisotopic (exact) mass is 228 g/mol. The van der Waals surface area contributed by atoms with Gasteiger partial charge >= 0.3 is 0 Å². The quantitative estimate of drug-likeness (QED) is 0.766. The van der Waals surface area contributed by atoms with Gasteiger partial charge in [-0.05, 0) is 45.1 Å². The van der Waals surface area contributed by atoms with Crippen molar-refractivity contribution in [3.8, 4) is 0 Å². The smallest absolute Gasteiger partial charge is 0.0609 e. The van der Waals surface area contributed by atoms with Gasteiger partial charge in [0.2, 0.25) is 0 Å². The molecule has 1 saturated heterocycles. The molecule has 0 radical (unpaired) electrons. The number of rotatable bonds is 4. The van der Waals surface area contributed by atoms with E-state index >= 15 is 0 Å². The van der Waals surface area contributed by atoms with E-state index < -0.39 is 5.54 Å². The zero-order valence-corrected chi connectivity index (χ0v) is 11.2. The van der Waals surface area contributed by atoms with E-state index in [4.69, 9.17) is 5.73 Å². The Labute approximate surface area is 100 Å². The number of likely N-dealkylation sites (tertiary alicyclic amines) is 1. The van der Waals surface area contributed by atoms with Crippen LogP contribution in [-0.4, -0.2) is 41.3 Å². The summed E-state index contributed by atoms with van der Waals surface area (Å²) in [5.41, 5.74) is 5.57. The first-order chi connectivity index (χ1) is 7.35. The number of hydrogen-bond donors (Lipinski definition) is 2. The van der Waals surface area contributed by atoms with Crippen LogP contribution in [0.25, 0.3) is 0 Å². The van der Waals surface area contributed by atoms with Crippen molar-refractivity contribution in [2.24, 2.45) is 17.6 Å². The van der Waals surface area contributed by atoms with Crippen molar-refractivity contribution in [1.29, 1.82) is 0 Å². The zero-order valence-electron chi connectivity index (χ0n) is 11.2. The SMILES string of the molecule is CC1CCN(C(C)CC(C)(N)CO)CC1C. The first-order valence-corrected chi connectivity index (χ1v) is 6.49. The summed E-state index contributed by atoms with van der Waals surface area (Å²) in [6.07, 6.45) is 2.15. The molecule has 1 rings (SSSR count). The van der Waals surface area contributed by atoms with Gasteiger partial charge in [0.25, 0.3) is 0 Å². The Bertz CT molecular complexity index is 218. The van der Waals surface area contributed by atoms with E-state index in [2.05, 4.69) is 25.7 Å². The Balaban J connectivity index is 2.46. The molecule has 4 unspecified atom stereocenters. The lowest BCUT2D eigenvalue weighted by molar-refractivity contribution is 0.0783. The molecule has 1 aliphatic heterocycles. The minimum absolute atomic E-state index is 0.0666. The van der Waals surface area contributed by atoms with E-state index in [0.29, 0.717) is 6.04 Å². The largest absolute Gasteiger partial charge is 0.394 e. The van der Waals surface area contributed by atoms with E-state index in [0.717, 1.165) is 18.3 Å². The number of nitrogens with two attached hydrogens (primary N) is 1. The molecule has 0 aromatic rings. The molecule has 0 aromatic carbocycles. The molecule has 16 heavy (non-hydrogen) atoms. The van der Waals surface area contributed by atoms with Crippen molar-refractivity contribution in [1.82, 2.24) is 4.90 Å². The van der Waals surface area contributed by atoms with Crippen LogP contribution in [0.5, 0.6) is 0 Å². The van der Waals surface area contributed by atoms with Gasteiger partial charge in [-0.15, -0.1) is 0 Å². The van der Waals surface area contributed by atoms with Crippen molar-refractivity contribution in [2.75, 3.05) is 19.7 Å². The van der Waals surface area contributed by atoms with Crippen LogP contribution in [0.15, 0.2) is 0 Å². The number of hydrogen-bond acceptors (Lipinski definition) is 3. The molecule has 1 heterocycles. The molecule has 0 amide bonds. The van der Waals surface area contributed by atoms with Crippen molar-refractivity contribution in [3.05, 3.63) is 0 Å². The van der Waals surface area contributed by atoms with Gasteiger partial charge in [-0.1, -0.05) is 13.8 Å². The maximum atomic E-state index is 9.19. The standard InChI is InChI=1S/C13H28N2O/c1-10-5-6-15(8-11(10)2)12(3)7-13(4,14)9-16/h10-12,16H,5-9,14H2,1-4H3. The molecule has 4 atom stereocenters. The number of piperidine rings is 1. The summed E-state index contributed by atoms with van der Waals surface area (Å²) in [5.74, 6) is 1.61. The second kappa shape index (κ2) is 5.48. The minimum Gasteiger partial charge on any atom is -0.394 e. The van der Waals surface area contributed by atoms with Crippen LogP contribution in [0.4, 0.5) is 0 Å². The van der Waals surface area contributed by atoms with Gasteiger partial charge in [0.15, 0.2) is 0 Å². The van der Waals surface area contributed by atoms with Crippen LogP contribution in [0, 0.1) is 11.8 Å². The summed E-state index contributed by atoms with van der Waals surface area (Å²) >= 11 is 0. The van der Waals surface area contributed by atoms with Crippen LogP contribution in [0.3, 0.4) is 0 Å². The first kappa shape index (κ1) is 13.9. The van der Waals surface area contributed by atoms with Crippen LogP contribution in [-0.2, 0) is 0 Å². The Morgan fingerprint density at radius 3 is 2.56 bits per heavy atom. The highest BCUT2D eigenvalue weighted by atomic mass is 16.3. The Hall–Kier alpha value is -0.120. The average Bonchev–Trinajstić information content (AvgIpc) is 2.21. The van der Waals surface area contributed by atoms with Crippen molar-refractivity contribution >= 4 is 0 Å². The third-order valence-electron chi connectivity index (χ3n) is 4.11. The number of aliphatic hydroxyl groups excluding tert-OH is 1. The summed E-state index contributed by atoms with van der Waals surface area (Å²) < 4.78 is 0. The van der Waals surface area contributed by atoms with Gasteiger partial charge in [-0.2, -0.15) is 0 Å². The third kappa shape index (κ3) is 3.72. The highest BCUT2D eigenvalue weighted by molar-refractivity contribution is 4.86. The molecule has 0 bridgehead atoms. The Kier molecular flexibility index (Phi) is 4.77. The van der Waals surface area contributed by atoms with Crippen molar-refractivity contribution in [3.63, 3.8) is 0 Å². The highest BCUT2D eigenvalue weighted by Gasteiger charge is 2.29. The second-order valence-electron chi connectivity index (χ2n) is 6.10. The van der Waals surface area contributed by atoms with Gasteiger partial charge < -0.3 is 15.7 Å². The topological polar surface area (TPSA) is 49.5 Å². The third-order valence-corrected chi connectivity index (χ3v) is 4.11. The lowest BCUT2D eigenvalue weighted by atomic mass is 9.86. The summed E-state index contributed by atoms with van der Waals surface area (Å²) in [7, 11) is 0. The van der Waals surface area contributed by atoms with Crippen molar-refractivity contribution < 1.29 is 5.11 Å². The maximum Gasteiger partial charge on any atom is 0.0609 e. The van der Waals surface area contributed by atoms with Crippen LogP contribution in [0.2, 0.25) is 0 Å². The summed E-state index contributed by atoms with van der Waals surface area (Å²) in [5, 5.41) is 9.19. The lowest BCUT2D eigenvalue weighted by Gasteiger charge is -2.41. The van der Waals surface area contributed by atoms with Gasteiger partial charge in [0.1, 0.15) is 0 Å². The van der Waals surface area contributed by atoms with E-state index in [1.807, 2.05) is 6.92 Å². The second-order valence-corrected chi connectivity index (χ2v) is 6.10. The Morgan fingerprint density at radius 2 is 2.06 bits per heavy atom. The molecule has 0 aromatic heterocycles. The number of nitrogens with zero attached hydrogens (tertiary/aromatic N) is 1. The van der Waals surface area contributed by atoms with Gasteiger partial charge in [0, 0.05) is 18.1 Å². The molecule has 0 aliphatic carbocycles. The molecular weight excluding hydrogens is 200 g/mol. The molecule has 3 nitrogen and oxygen atoms in total. The van der Waals surface area contributed by atoms with Gasteiger partial charge in [0.05, 0.1) is 6.61 Å². The van der Waals surface area contributed by atoms with E-state index in [-0.39, 0.29) is 6.61 Å². The molecule has 1 fully saturated rings. The summed E-state index contributed by atoms with van der Waals surface area (Å²) in [4.78, 5) is 2.52. The number of aliphatic hydroxyl groups is 1. The van der Waals surface area contributed by atoms with E-state index in [1.54, 1.807) is 0 Å². The fourth-order valence-electron chi connectivity index (χ4n) is 2.56. The molecular formula is C13H28N2O. The fourth-order valence-corrected chi connectivity index (χ4v) is 2.56. The van der Waals surface area contributed by atoms with E-state index in [1.165, 1.54) is 19.5 Å². The van der Waals surface area contributed by atoms with E-state index in [9.17, 15) is 5.11 Å². The summed E-state index contributed by atoms with van der Waals surface area (Å²) in [6, 6.07) is 0.470. The highest BCUT2D eigenvalue weighted by Crippen LogP contribution is 2.25. The zero-order chi connectivity index (χ0) is 12.3. The minimum atomic E-state index is -0.439. The molecule has 3 heteroatoms. The van der Waals surface area contributed by atoms with Crippen molar-refractivity contribution in [2.45, 2.75) is 52.1 Å². The van der Waals surface area contributed by atoms with Crippen LogP contribution >= 0.6 is 0 Å². The predicted octanol–water partition coefficient (Wildman–Crippen LogP) is 1.45. The average molecular weight is 228 g/mol. The predicted molar refractivity (Wildman–Crippen MR) is 68.3 cm³/mol. The van der Waals surface area contributed by atoms with Crippen LogP contribution in [0.1, 0.15) is 40.5 Å². The maximum absolute atomic E-state index is 9.19.